The summed E-state index contributed by atoms with van der Waals surface area (Å²) in [6.07, 6.45) is 1.11. The smallest absolute Gasteiger partial charge is 0.338 e. The van der Waals surface area contributed by atoms with Crippen LogP contribution in [0.1, 0.15) is 38.8 Å². The summed E-state index contributed by atoms with van der Waals surface area (Å²) in [7, 11) is -3.61. The van der Waals surface area contributed by atoms with Gasteiger partial charge in [-0.15, -0.1) is 0 Å². The Labute approximate surface area is 204 Å². The van der Waals surface area contributed by atoms with Gasteiger partial charge >= 0.3 is 5.97 Å². The summed E-state index contributed by atoms with van der Waals surface area (Å²) in [5, 5.41) is 3.26. The Bertz CT molecular complexity index is 1310. The maximum atomic E-state index is 12.8. The number of carbonyl (C=O) groups is 2. The predicted molar refractivity (Wildman–Crippen MR) is 134 cm³/mol. The van der Waals surface area contributed by atoms with Crippen molar-refractivity contribution < 1.29 is 22.7 Å². The SMILES string of the molecule is CCOC(=O)c1cccc(NC(=O)c2ccc(N(Cc3ccccc3Cl)S(C)(=O)=O)cc2)c1C. The monoisotopic (exact) mass is 500 g/mol. The van der Waals surface area contributed by atoms with E-state index >= 15 is 0 Å². The Morgan fingerprint density at radius 2 is 1.68 bits per heavy atom. The zero-order valence-electron chi connectivity index (χ0n) is 19.0. The number of sulfonamides is 1. The minimum atomic E-state index is -3.61. The third-order valence-corrected chi connectivity index (χ3v) is 6.68. The van der Waals surface area contributed by atoms with Crippen molar-refractivity contribution in [3.05, 3.63) is 94.0 Å². The molecule has 3 rings (SSSR count). The summed E-state index contributed by atoms with van der Waals surface area (Å²) in [5.74, 6) is -0.854. The highest BCUT2D eigenvalue weighted by Gasteiger charge is 2.20. The van der Waals surface area contributed by atoms with Gasteiger partial charge in [0.1, 0.15) is 0 Å². The molecule has 1 N–H and O–H groups in total. The Balaban J connectivity index is 1.82. The normalized spacial score (nSPS) is 11.1. The zero-order chi connectivity index (χ0) is 24.9. The molecule has 0 heterocycles. The van der Waals surface area contributed by atoms with Crippen molar-refractivity contribution in [3.63, 3.8) is 0 Å². The lowest BCUT2D eigenvalue weighted by atomic mass is 10.1. The van der Waals surface area contributed by atoms with Gasteiger partial charge in [-0.3, -0.25) is 9.10 Å². The van der Waals surface area contributed by atoms with Crippen LogP contribution in [0.4, 0.5) is 11.4 Å². The number of nitrogens with one attached hydrogen (secondary N) is 1. The van der Waals surface area contributed by atoms with Gasteiger partial charge in [-0.25, -0.2) is 13.2 Å². The van der Waals surface area contributed by atoms with E-state index < -0.39 is 21.9 Å². The summed E-state index contributed by atoms with van der Waals surface area (Å²) in [6.45, 7) is 3.76. The van der Waals surface area contributed by atoms with Crippen LogP contribution in [-0.4, -0.2) is 33.2 Å². The van der Waals surface area contributed by atoms with Gasteiger partial charge in [0.25, 0.3) is 5.91 Å². The molecule has 7 nitrogen and oxygen atoms in total. The van der Waals surface area contributed by atoms with Gasteiger partial charge in [-0.1, -0.05) is 35.9 Å². The van der Waals surface area contributed by atoms with Crippen LogP contribution in [0, 0.1) is 6.92 Å². The lowest BCUT2D eigenvalue weighted by molar-refractivity contribution is 0.0525. The van der Waals surface area contributed by atoms with Crippen LogP contribution in [0.15, 0.2) is 66.7 Å². The molecule has 3 aromatic rings. The lowest BCUT2D eigenvalue weighted by Crippen LogP contribution is -2.29. The number of hydrogen-bond acceptors (Lipinski definition) is 5. The molecule has 0 atom stereocenters. The second-order valence-electron chi connectivity index (χ2n) is 7.56. The molecule has 0 bridgehead atoms. The maximum Gasteiger partial charge on any atom is 0.338 e. The number of carbonyl (C=O) groups excluding carboxylic acids is 2. The quantitative estimate of drug-likeness (QED) is 0.437. The number of amides is 1. The van der Waals surface area contributed by atoms with E-state index in [4.69, 9.17) is 16.3 Å². The van der Waals surface area contributed by atoms with Crippen molar-refractivity contribution in [1.29, 1.82) is 0 Å². The number of ether oxygens (including phenoxy) is 1. The number of anilines is 2. The van der Waals surface area contributed by atoms with Crippen LogP contribution in [0.25, 0.3) is 0 Å². The Kier molecular flexibility index (Phi) is 7.96. The van der Waals surface area contributed by atoms with Gasteiger partial charge in [0, 0.05) is 16.3 Å². The third-order valence-electron chi connectivity index (χ3n) is 5.17. The number of hydrogen-bond donors (Lipinski definition) is 1. The fourth-order valence-electron chi connectivity index (χ4n) is 3.36. The second kappa shape index (κ2) is 10.7. The minimum Gasteiger partial charge on any atom is -0.462 e. The lowest BCUT2D eigenvalue weighted by Gasteiger charge is -2.23. The molecule has 178 valence electrons. The third kappa shape index (κ3) is 5.95. The molecule has 3 aromatic carbocycles. The fourth-order valence-corrected chi connectivity index (χ4v) is 4.43. The molecule has 0 saturated heterocycles. The molecule has 0 spiro atoms. The van der Waals surface area contributed by atoms with Gasteiger partial charge in [0.15, 0.2) is 0 Å². The van der Waals surface area contributed by atoms with Gasteiger partial charge in [-0.2, -0.15) is 0 Å². The number of halogens is 1. The van der Waals surface area contributed by atoms with Crippen LogP contribution in [0.5, 0.6) is 0 Å². The molecule has 0 aliphatic rings. The highest BCUT2D eigenvalue weighted by Crippen LogP contribution is 2.25. The molecule has 34 heavy (non-hydrogen) atoms. The van der Waals surface area contributed by atoms with Crippen molar-refractivity contribution in [2.45, 2.75) is 20.4 Å². The molecule has 0 aromatic heterocycles. The average molecular weight is 501 g/mol. The molecule has 0 unspecified atom stereocenters. The van der Waals surface area contributed by atoms with Crippen molar-refractivity contribution in [2.24, 2.45) is 0 Å². The van der Waals surface area contributed by atoms with Crippen molar-refractivity contribution in [2.75, 3.05) is 22.5 Å². The summed E-state index contributed by atoms with van der Waals surface area (Å²) in [4.78, 5) is 24.9. The van der Waals surface area contributed by atoms with E-state index in [1.165, 1.54) is 4.31 Å². The largest absolute Gasteiger partial charge is 0.462 e. The second-order valence-corrected chi connectivity index (χ2v) is 9.87. The highest BCUT2D eigenvalue weighted by atomic mass is 35.5. The van der Waals surface area contributed by atoms with E-state index in [1.54, 1.807) is 80.6 Å². The molecular formula is C25H25ClN2O5S. The van der Waals surface area contributed by atoms with Gasteiger partial charge in [0.05, 0.1) is 30.7 Å². The first-order valence-corrected chi connectivity index (χ1v) is 12.7. The first kappa shape index (κ1) is 25.3. The van der Waals surface area contributed by atoms with Crippen LogP contribution in [-0.2, 0) is 21.3 Å². The van der Waals surface area contributed by atoms with E-state index in [-0.39, 0.29) is 13.2 Å². The topological polar surface area (TPSA) is 92.8 Å². The Morgan fingerprint density at radius 1 is 1.00 bits per heavy atom. The first-order valence-electron chi connectivity index (χ1n) is 10.5. The molecule has 0 aliphatic carbocycles. The summed E-state index contributed by atoms with van der Waals surface area (Å²) < 4.78 is 31.2. The number of nitrogens with zero attached hydrogens (tertiary/aromatic N) is 1. The van der Waals surface area contributed by atoms with Gasteiger partial charge in [0.2, 0.25) is 10.0 Å². The van der Waals surface area contributed by atoms with Crippen LogP contribution >= 0.6 is 11.6 Å². The zero-order valence-corrected chi connectivity index (χ0v) is 20.6. The number of rotatable bonds is 8. The molecule has 0 saturated carbocycles. The van der Waals surface area contributed by atoms with Crippen molar-refractivity contribution in [1.82, 2.24) is 0 Å². The van der Waals surface area contributed by atoms with Crippen LogP contribution in [0.3, 0.4) is 0 Å². The van der Waals surface area contributed by atoms with Gasteiger partial charge in [-0.05, 0) is 67.4 Å². The molecule has 1 amide bonds. The fraction of sp³-hybridized carbons (Fsp3) is 0.200. The predicted octanol–water partition coefficient (Wildman–Crippen LogP) is 5.04. The number of benzene rings is 3. The van der Waals surface area contributed by atoms with Crippen LogP contribution in [0.2, 0.25) is 5.02 Å². The molecular weight excluding hydrogens is 476 g/mol. The Morgan fingerprint density at radius 3 is 2.29 bits per heavy atom. The maximum absolute atomic E-state index is 12.8. The van der Waals surface area contributed by atoms with E-state index in [1.807, 2.05) is 0 Å². The summed E-state index contributed by atoms with van der Waals surface area (Å²) in [5.41, 5.74) is 2.84. The first-order chi connectivity index (χ1) is 16.1. The summed E-state index contributed by atoms with van der Waals surface area (Å²) in [6, 6.07) is 18.2. The Hall–Kier alpha value is -3.36. The van der Waals surface area contributed by atoms with Crippen molar-refractivity contribution >= 4 is 44.9 Å². The molecule has 0 radical (unpaired) electrons. The summed E-state index contributed by atoms with van der Waals surface area (Å²) >= 11 is 6.21. The van der Waals surface area contributed by atoms with E-state index in [0.29, 0.717) is 38.7 Å². The van der Waals surface area contributed by atoms with Crippen LogP contribution < -0.4 is 9.62 Å². The minimum absolute atomic E-state index is 0.0594. The molecule has 9 heteroatoms. The number of esters is 1. The van der Waals surface area contributed by atoms with E-state index in [9.17, 15) is 18.0 Å². The standard InChI is InChI=1S/C25H25ClN2O5S/c1-4-33-25(30)21-9-7-11-23(17(21)2)27-24(29)18-12-14-20(15-13-18)28(34(3,31)32)16-19-8-5-6-10-22(19)26/h5-15H,4,16H2,1-3H3,(H,27,29). The van der Waals surface area contributed by atoms with E-state index in [0.717, 1.165) is 6.26 Å². The molecule has 0 fully saturated rings. The average Bonchev–Trinajstić information content (AvgIpc) is 2.79. The highest BCUT2D eigenvalue weighted by molar-refractivity contribution is 7.92. The van der Waals surface area contributed by atoms with E-state index in [2.05, 4.69) is 5.32 Å². The molecule has 0 aliphatic heterocycles. The van der Waals surface area contributed by atoms with Gasteiger partial charge < -0.3 is 10.1 Å². The van der Waals surface area contributed by atoms with Crippen molar-refractivity contribution in [3.8, 4) is 0 Å².